The second kappa shape index (κ2) is 6.89. The van der Waals surface area contributed by atoms with Crippen LogP contribution in [0, 0.1) is 0 Å². The maximum Gasteiger partial charge on any atom is 0.340 e. The van der Waals surface area contributed by atoms with Crippen LogP contribution in [0.1, 0.15) is 5.56 Å². The Hall–Kier alpha value is -2.88. The molecular weight excluding hydrogens is 250 g/mol. The Morgan fingerprint density at radius 2 is 1.60 bits per heavy atom. The average Bonchev–Trinajstić information content (AvgIpc) is 2.49. The Bertz CT molecular complexity index is 606. The van der Waals surface area contributed by atoms with Crippen LogP contribution in [0.4, 0.5) is 10.5 Å². The Labute approximate surface area is 117 Å². The van der Waals surface area contributed by atoms with Crippen LogP contribution in [0.3, 0.4) is 0 Å². The Balaban J connectivity index is 2.08. The minimum Gasteiger partial charge on any atom is -0.350 e. The highest BCUT2D eigenvalue weighted by molar-refractivity contribution is 5.92. The van der Waals surface area contributed by atoms with E-state index in [-0.39, 0.29) is 0 Å². The monoisotopic (exact) mass is 265 g/mol. The first-order chi connectivity index (χ1) is 9.77. The van der Waals surface area contributed by atoms with Gasteiger partial charge in [0.15, 0.2) is 0 Å². The molecule has 0 aromatic heterocycles. The van der Waals surface area contributed by atoms with Crippen molar-refractivity contribution in [1.29, 1.82) is 0 Å². The molecule has 4 heteroatoms. The van der Waals surface area contributed by atoms with Gasteiger partial charge in [0.05, 0.1) is 5.69 Å². The van der Waals surface area contributed by atoms with Crippen LogP contribution >= 0.6 is 0 Å². The summed E-state index contributed by atoms with van der Waals surface area (Å²) in [5, 5.41) is 5.20. The number of nitrogens with zero attached hydrogens (tertiary/aromatic N) is 2. The number of primary amides is 1. The molecule has 4 nitrogen and oxygen atoms in total. The maximum absolute atomic E-state index is 11.4. The number of nitrogens with two attached hydrogens (primary N) is 1. The predicted octanol–water partition coefficient (Wildman–Crippen LogP) is 3.27. The highest BCUT2D eigenvalue weighted by Gasteiger charge is 2.08. The molecule has 0 aliphatic heterocycles. The predicted molar refractivity (Wildman–Crippen MR) is 82.5 cm³/mol. The zero-order chi connectivity index (χ0) is 14.2. The molecular formula is C16H15N3O. The van der Waals surface area contributed by atoms with Gasteiger partial charge in [-0.1, -0.05) is 54.6 Å². The smallest absolute Gasteiger partial charge is 0.340 e. The standard InChI is InChI=1S/C16H15N3O/c17-16(20)19(15-11-5-2-6-12-15)18-13-7-10-14-8-3-1-4-9-14/h1-13H,(H2,17,20)/b10-7+,18-13+. The maximum atomic E-state index is 11.4. The summed E-state index contributed by atoms with van der Waals surface area (Å²) in [5.41, 5.74) is 7.00. The summed E-state index contributed by atoms with van der Waals surface area (Å²) in [6.45, 7) is 0. The van der Waals surface area contributed by atoms with Crippen LogP contribution in [0.5, 0.6) is 0 Å². The summed E-state index contributed by atoms with van der Waals surface area (Å²) in [6, 6.07) is 18.2. The second-order valence-corrected chi connectivity index (χ2v) is 4.02. The Morgan fingerprint density at radius 1 is 1.00 bits per heavy atom. The number of hydrazone groups is 1. The molecule has 0 unspecified atom stereocenters. The van der Waals surface area contributed by atoms with Gasteiger partial charge in [-0.3, -0.25) is 0 Å². The molecule has 0 aliphatic carbocycles. The molecule has 2 aromatic rings. The van der Waals surface area contributed by atoms with Crippen molar-refractivity contribution >= 4 is 24.0 Å². The van der Waals surface area contributed by atoms with Gasteiger partial charge in [0, 0.05) is 6.21 Å². The van der Waals surface area contributed by atoms with Gasteiger partial charge >= 0.3 is 6.03 Å². The summed E-state index contributed by atoms with van der Waals surface area (Å²) < 4.78 is 0. The summed E-state index contributed by atoms with van der Waals surface area (Å²) >= 11 is 0. The van der Waals surface area contributed by atoms with Gasteiger partial charge in [-0.25, -0.2) is 4.79 Å². The van der Waals surface area contributed by atoms with E-state index < -0.39 is 6.03 Å². The van der Waals surface area contributed by atoms with Gasteiger partial charge in [0.2, 0.25) is 0 Å². The number of allylic oxidation sites excluding steroid dienone is 1. The van der Waals surface area contributed by atoms with E-state index in [4.69, 9.17) is 5.73 Å². The summed E-state index contributed by atoms with van der Waals surface area (Å²) in [4.78, 5) is 11.4. The van der Waals surface area contributed by atoms with Crippen molar-refractivity contribution in [3.05, 3.63) is 72.3 Å². The van der Waals surface area contributed by atoms with E-state index in [1.807, 2.05) is 54.6 Å². The molecule has 2 N–H and O–H groups in total. The molecule has 0 fully saturated rings. The fourth-order valence-corrected chi connectivity index (χ4v) is 1.64. The zero-order valence-electron chi connectivity index (χ0n) is 10.9. The molecule has 0 saturated heterocycles. The first kappa shape index (κ1) is 13.5. The molecule has 2 aromatic carbocycles. The minimum absolute atomic E-state index is 0.624. The van der Waals surface area contributed by atoms with Crippen LogP contribution in [0.15, 0.2) is 71.8 Å². The highest BCUT2D eigenvalue weighted by Crippen LogP contribution is 2.12. The molecule has 2 rings (SSSR count). The summed E-state index contributed by atoms with van der Waals surface area (Å²) in [6.07, 6.45) is 5.19. The number of urea groups is 1. The molecule has 20 heavy (non-hydrogen) atoms. The Kier molecular flexibility index (Phi) is 4.67. The van der Waals surface area contributed by atoms with Crippen molar-refractivity contribution in [2.45, 2.75) is 0 Å². The molecule has 0 saturated carbocycles. The van der Waals surface area contributed by atoms with Crippen molar-refractivity contribution in [2.75, 3.05) is 5.01 Å². The first-order valence-corrected chi connectivity index (χ1v) is 6.17. The third kappa shape index (κ3) is 3.81. The summed E-state index contributed by atoms with van der Waals surface area (Å²) in [7, 11) is 0. The number of amides is 2. The minimum atomic E-state index is -0.624. The first-order valence-electron chi connectivity index (χ1n) is 6.17. The summed E-state index contributed by atoms with van der Waals surface area (Å²) in [5.74, 6) is 0. The second-order valence-electron chi connectivity index (χ2n) is 4.02. The van der Waals surface area contributed by atoms with E-state index >= 15 is 0 Å². The quantitative estimate of drug-likeness (QED) is 0.669. The van der Waals surface area contributed by atoms with Gasteiger partial charge in [-0.05, 0) is 23.8 Å². The molecule has 0 spiro atoms. The van der Waals surface area contributed by atoms with E-state index in [0.29, 0.717) is 5.69 Å². The van der Waals surface area contributed by atoms with Crippen molar-refractivity contribution in [1.82, 2.24) is 0 Å². The van der Waals surface area contributed by atoms with E-state index in [0.717, 1.165) is 10.6 Å². The molecule has 0 atom stereocenters. The lowest BCUT2D eigenvalue weighted by Crippen LogP contribution is -2.31. The molecule has 100 valence electrons. The van der Waals surface area contributed by atoms with Crippen LogP contribution in [-0.2, 0) is 0 Å². The van der Waals surface area contributed by atoms with E-state index in [1.165, 1.54) is 6.21 Å². The van der Waals surface area contributed by atoms with Crippen LogP contribution < -0.4 is 10.7 Å². The van der Waals surface area contributed by atoms with Gasteiger partial charge < -0.3 is 5.73 Å². The number of hydrogen-bond donors (Lipinski definition) is 1. The molecule has 0 radical (unpaired) electrons. The number of para-hydroxylation sites is 1. The number of carbonyl (C=O) groups excluding carboxylic acids is 1. The third-order valence-corrected chi connectivity index (χ3v) is 2.57. The lowest BCUT2D eigenvalue weighted by molar-refractivity contribution is 0.254. The third-order valence-electron chi connectivity index (χ3n) is 2.57. The lowest BCUT2D eigenvalue weighted by atomic mass is 10.2. The van der Waals surface area contributed by atoms with Crippen molar-refractivity contribution < 1.29 is 4.79 Å². The fraction of sp³-hybridized carbons (Fsp3) is 0. The Morgan fingerprint density at radius 3 is 2.20 bits per heavy atom. The van der Waals surface area contributed by atoms with Crippen molar-refractivity contribution in [3.8, 4) is 0 Å². The van der Waals surface area contributed by atoms with Gasteiger partial charge in [-0.15, -0.1) is 0 Å². The van der Waals surface area contributed by atoms with Crippen molar-refractivity contribution in [3.63, 3.8) is 0 Å². The van der Waals surface area contributed by atoms with Crippen LogP contribution in [-0.4, -0.2) is 12.2 Å². The molecule has 0 bridgehead atoms. The van der Waals surface area contributed by atoms with Gasteiger partial charge in [0.25, 0.3) is 0 Å². The number of rotatable bonds is 4. The van der Waals surface area contributed by atoms with Gasteiger partial charge in [0.1, 0.15) is 0 Å². The highest BCUT2D eigenvalue weighted by atomic mass is 16.2. The number of hydrogen-bond acceptors (Lipinski definition) is 2. The topological polar surface area (TPSA) is 58.7 Å². The van der Waals surface area contributed by atoms with Crippen molar-refractivity contribution in [2.24, 2.45) is 10.8 Å². The number of carbonyl (C=O) groups is 1. The molecule has 0 heterocycles. The largest absolute Gasteiger partial charge is 0.350 e. The average molecular weight is 265 g/mol. The van der Waals surface area contributed by atoms with Crippen LogP contribution in [0.25, 0.3) is 6.08 Å². The lowest BCUT2D eigenvalue weighted by Gasteiger charge is -2.13. The SMILES string of the molecule is NC(=O)N(/N=C/C=C/c1ccccc1)c1ccccc1. The normalized spacial score (nSPS) is 11.0. The van der Waals surface area contributed by atoms with E-state index in [9.17, 15) is 4.79 Å². The van der Waals surface area contributed by atoms with Gasteiger partial charge in [-0.2, -0.15) is 10.1 Å². The number of anilines is 1. The molecule has 0 aliphatic rings. The van der Waals surface area contributed by atoms with Crippen LogP contribution in [0.2, 0.25) is 0 Å². The fourth-order valence-electron chi connectivity index (χ4n) is 1.64. The molecule has 2 amide bonds. The van der Waals surface area contributed by atoms with E-state index in [2.05, 4.69) is 5.10 Å². The van der Waals surface area contributed by atoms with E-state index in [1.54, 1.807) is 18.2 Å². The zero-order valence-corrected chi connectivity index (χ0v) is 10.9. The number of benzene rings is 2.